The Morgan fingerprint density at radius 3 is 2.78 bits per heavy atom. The quantitative estimate of drug-likeness (QED) is 0.559. The van der Waals surface area contributed by atoms with Crippen molar-refractivity contribution in [1.82, 2.24) is 19.6 Å². The monoisotopic (exact) mass is 361 g/mol. The zero-order chi connectivity index (χ0) is 19.0. The van der Waals surface area contributed by atoms with Gasteiger partial charge in [0.2, 0.25) is 0 Å². The van der Waals surface area contributed by atoms with Crippen molar-refractivity contribution in [3.63, 3.8) is 0 Å². The molecule has 0 radical (unpaired) electrons. The predicted molar refractivity (Wildman–Crippen MR) is 108 cm³/mol. The number of fused-ring (bicyclic) bond motifs is 3. The standard InChI is InChI=1S/C21H23N5O/c1-4-5-20(27)17-8-13(2)16(12-23-17)19-9-14-11-24-21(22-3)10-15(14)18-6-7-25-26(18)19/h6-12,20,27H,4-5H2,1-3H3,(H,22,24). The van der Waals surface area contributed by atoms with Gasteiger partial charge in [-0.2, -0.15) is 5.10 Å². The van der Waals surface area contributed by atoms with Crippen LogP contribution < -0.4 is 5.32 Å². The molecule has 4 aromatic heterocycles. The predicted octanol–water partition coefficient (Wildman–Crippen LogP) is 4.13. The molecule has 0 aromatic carbocycles. The molecule has 4 aromatic rings. The van der Waals surface area contributed by atoms with Gasteiger partial charge in [-0.15, -0.1) is 0 Å². The van der Waals surface area contributed by atoms with Crippen molar-refractivity contribution in [3.8, 4) is 11.3 Å². The second-order valence-corrected chi connectivity index (χ2v) is 6.79. The highest BCUT2D eigenvalue weighted by Crippen LogP contribution is 2.31. The van der Waals surface area contributed by atoms with Crippen LogP contribution in [0.25, 0.3) is 27.5 Å². The molecule has 0 saturated heterocycles. The lowest BCUT2D eigenvalue weighted by molar-refractivity contribution is 0.161. The summed E-state index contributed by atoms with van der Waals surface area (Å²) in [5.41, 5.74) is 4.76. The van der Waals surface area contributed by atoms with Crippen LogP contribution in [0.3, 0.4) is 0 Å². The summed E-state index contributed by atoms with van der Waals surface area (Å²) in [6, 6.07) is 8.10. The minimum atomic E-state index is -0.520. The van der Waals surface area contributed by atoms with Gasteiger partial charge in [0.1, 0.15) is 5.82 Å². The molecule has 6 nitrogen and oxygen atoms in total. The van der Waals surface area contributed by atoms with Crippen molar-refractivity contribution in [2.45, 2.75) is 32.8 Å². The summed E-state index contributed by atoms with van der Waals surface area (Å²) in [5, 5.41) is 20.0. The molecular formula is C21H23N5O. The van der Waals surface area contributed by atoms with Gasteiger partial charge in [-0.25, -0.2) is 9.50 Å². The van der Waals surface area contributed by atoms with Crippen molar-refractivity contribution < 1.29 is 5.11 Å². The molecule has 138 valence electrons. The van der Waals surface area contributed by atoms with Gasteiger partial charge in [0.25, 0.3) is 0 Å². The van der Waals surface area contributed by atoms with E-state index in [0.717, 1.165) is 51.0 Å². The highest BCUT2D eigenvalue weighted by Gasteiger charge is 2.15. The maximum Gasteiger partial charge on any atom is 0.126 e. The third-order valence-corrected chi connectivity index (χ3v) is 4.94. The zero-order valence-corrected chi connectivity index (χ0v) is 15.8. The number of rotatable bonds is 5. The number of pyridine rings is 3. The summed E-state index contributed by atoms with van der Waals surface area (Å²) in [4.78, 5) is 8.96. The third-order valence-electron chi connectivity index (χ3n) is 4.94. The van der Waals surface area contributed by atoms with Crippen molar-refractivity contribution >= 4 is 22.1 Å². The van der Waals surface area contributed by atoms with Crippen molar-refractivity contribution in [1.29, 1.82) is 0 Å². The number of aryl methyl sites for hydroxylation is 1. The first-order valence-corrected chi connectivity index (χ1v) is 9.21. The minimum Gasteiger partial charge on any atom is -0.387 e. The Kier molecular flexibility index (Phi) is 4.49. The summed E-state index contributed by atoms with van der Waals surface area (Å²) in [7, 11) is 1.86. The molecule has 27 heavy (non-hydrogen) atoms. The van der Waals surface area contributed by atoms with Gasteiger partial charge in [-0.1, -0.05) is 13.3 Å². The molecule has 4 rings (SSSR count). The molecule has 0 amide bonds. The van der Waals surface area contributed by atoms with Gasteiger partial charge in [-0.05, 0) is 43.2 Å². The third kappa shape index (κ3) is 3.02. The Morgan fingerprint density at radius 2 is 2.04 bits per heavy atom. The molecule has 0 aliphatic heterocycles. The molecule has 1 atom stereocenters. The van der Waals surface area contributed by atoms with E-state index in [1.807, 2.05) is 49.1 Å². The number of aromatic nitrogens is 4. The molecular weight excluding hydrogens is 338 g/mol. The van der Waals surface area contributed by atoms with Crippen LogP contribution in [-0.2, 0) is 0 Å². The number of nitrogens with zero attached hydrogens (tertiary/aromatic N) is 4. The maximum absolute atomic E-state index is 10.2. The van der Waals surface area contributed by atoms with Crippen molar-refractivity contribution in [2.24, 2.45) is 0 Å². The van der Waals surface area contributed by atoms with Gasteiger partial charge in [-0.3, -0.25) is 4.98 Å². The van der Waals surface area contributed by atoms with Crippen LogP contribution in [-0.4, -0.2) is 31.7 Å². The summed E-state index contributed by atoms with van der Waals surface area (Å²) in [6.07, 6.45) is 6.63. The molecule has 4 heterocycles. The van der Waals surface area contributed by atoms with Gasteiger partial charge < -0.3 is 10.4 Å². The van der Waals surface area contributed by atoms with Gasteiger partial charge in [0.05, 0.1) is 29.2 Å². The Balaban J connectivity index is 1.89. The van der Waals surface area contributed by atoms with E-state index in [1.165, 1.54) is 0 Å². The van der Waals surface area contributed by atoms with E-state index in [4.69, 9.17) is 0 Å². The number of hydrogen-bond acceptors (Lipinski definition) is 5. The SMILES string of the molecule is CCCC(O)c1cc(C)c(-c2cc3cnc(NC)cc3c3ccnn23)cn1. The number of anilines is 1. The number of aliphatic hydroxyl groups excluding tert-OH is 1. The lowest BCUT2D eigenvalue weighted by Crippen LogP contribution is -2.03. The van der Waals surface area contributed by atoms with E-state index >= 15 is 0 Å². The summed E-state index contributed by atoms with van der Waals surface area (Å²) < 4.78 is 1.94. The van der Waals surface area contributed by atoms with Crippen LogP contribution in [0.2, 0.25) is 0 Å². The van der Waals surface area contributed by atoms with E-state index in [0.29, 0.717) is 6.42 Å². The van der Waals surface area contributed by atoms with Gasteiger partial charge in [0.15, 0.2) is 0 Å². The summed E-state index contributed by atoms with van der Waals surface area (Å²) in [6.45, 7) is 4.10. The number of nitrogens with one attached hydrogen (secondary N) is 1. The molecule has 0 aliphatic rings. The molecule has 1 unspecified atom stereocenters. The Morgan fingerprint density at radius 1 is 1.19 bits per heavy atom. The molecule has 0 aliphatic carbocycles. The second kappa shape index (κ2) is 6.96. The number of aliphatic hydroxyl groups is 1. The van der Waals surface area contributed by atoms with Crippen LogP contribution in [0.15, 0.2) is 42.9 Å². The first kappa shape index (κ1) is 17.4. The highest BCUT2D eigenvalue weighted by atomic mass is 16.3. The smallest absolute Gasteiger partial charge is 0.126 e. The van der Waals surface area contributed by atoms with Crippen molar-refractivity contribution in [2.75, 3.05) is 12.4 Å². The van der Waals surface area contributed by atoms with Crippen LogP contribution in [0.1, 0.15) is 37.1 Å². The van der Waals surface area contributed by atoms with E-state index in [1.54, 1.807) is 6.20 Å². The van der Waals surface area contributed by atoms with E-state index in [-0.39, 0.29) is 0 Å². The fraction of sp³-hybridized carbons (Fsp3) is 0.286. The van der Waals surface area contributed by atoms with Crippen LogP contribution in [0.4, 0.5) is 5.82 Å². The van der Waals surface area contributed by atoms with Crippen LogP contribution >= 0.6 is 0 Å². The van der Waals surface area contributed by atoms with Gasteiger partial charge in [0, 0.05) is 35.8 Å². The molecule has 2 N–H and O–H groups in total. The Bertz CT molecular complexity index is 1120. The first-order valence-electron chi connectivity index (χ1n) is 9.21. The summed E-state index contributed by atoms with van der Waals surface area (Å²) in [5.74, 6) is 0.825. The average Bonchev–Trinajstić information content (AvgIpc) is 3.17. The van der Waals surface area contributed by atoms with Gasteiger partial charge >= 0.3 is 0 Å². The lowest BCUT2D eigenvalue weighted by atomic mass is 10.0. The molecule has 6 heteroatoms. The molecule has 0 saturated carbocycles. The largest absolute Gasteiger partial charge is 0.387 e. The average molecular weight is 361 g/mol. The fourth-order valence-corrected chi connectivity index (χ4v) is 3.49. The van der Waals surface area contributed by atoms with E-state index in [9.17, 15) is 5.11 Å². The Hall–Kier alpha value is -2.99. The Labute approximate surface area is 157 Å². The minimum absolute atomic E-state index is 0.520. The highest BCUT2D eigenvalue weighted by molar-refractivity contribution is 5.99. The fourth-order valence-electron chi connectivity index (χ4n) is 3.49. The normalized spacial score (nSPS) is 12.6. The molecule has 0 fully saturated rings. The number of hydrogen-bond donors (Lipinski definition) is 2. The van der Waals surface area contributed by atoms with E-state index in [2.05, 4.69) is 33.4 Å². The second-order valence-electron chi connectivity index (χ2n) is 6.79. The maximum atomic E-state index is 10.2. The van der Waals surface area contributed by atoms with Crippen molar-refractivity contribution in [3.05, 3.63) is 54.1 Å². The molecule has 0 bridgehead atoms. The van der Waals surface area contributed by atoms with Crippen LogP contribution in [0, 0.1) is 6.92 Å². The molecule has 0 spiro atoms. The van der Waals surface area contributed by atoms with Crippen LogP contribution in [0.5, 0.6) is 0 Å². The zero-order valence-electron chi connectivity index (χ0n) is 15.8. The van der Waals surface area contributed by atoms with E-state index < -0.39 is 6.10 Å². The lowest BCUT2D eigenvalue weighted by Gasteiger charge is -2.14. The first-order chi connectivity index (χ1) is 13.1. The summed E-state index contributed by atoms with van der Waals surface area (Å²) >= 11 is 0. The topological polar surface area (TPSA) is 75.3 Å².